The van der Waals surface area contributed by atoms with Crippen molar-refractivity contribution in [2.24, 2.45) is 0 Å². The fourth-order valence-corrected chi connectivity index (χ4v) is 2.85. The number of carboxylic acid groups (broad SMARTS) is 1. The fourth-order valence-electron chi connectivity index (χ4n) is 2.85. The van der Waals surface area contributed by atoms with Gasteiger partial charge in [-0.2, -0.15) is 0 Å². The van der Waals surface area contributed by atoms with Gasteiger partial charge in [-0.3, -0.25) is 4.79 Å². The van der Waals surface area contributed by atoms with Crippen molar-refractivity contribution in [3.63, 3.8) is 0 Å². The van der Waals surface area contributed by atoms with E-state index in [4.69, 9.17) is 0 Å². The number of nitrogens with one attached hydrogen (secondary N) is 1. The van der Waals surface area contributed by atoms with Gasteiger partial charge in [0.15, 0.2) is 0 Å². The summed E-state index contributed by atoms with van der Waals surface area (Å²) in [5.41, 5.74) is 1.31. The first-order chi connectivity index (χ1) is 9.68. The summed E-state index contributed by atoms with van der Waals surface area (Å²) in [4.78, 5) is 28.5. The van der Waals surface area contributed by atoms with Crippen molar-refractivity contribution < 1.29 is 14.7 Å². The number of carbonyl (C=O) groups is 2. The molecule has 1 fully saturated rings. The maximum Gasteiger partial charge on any atom is 0.326 e. The molecule has 0 bridgehead atoms. The van der Waals surface area contributed by atoms with E-state index < -0.39 is 12.0 Å². The third kappa shape index (κ3) is 2.05. The van der Waals surface area contributed by atoms with Gasteiger partial charge in [0.2, 0.25) is 0 Å². The number of benzene rings is 1. The van der Waals surface area contributed by atoms with Gasteiger partial charge in [0.05, 0.1) is 11.1 Å². The number of aromatic amines is 1. The van der Waals surface area contributed by atoms with Crippen LogP contribution in [0.5, 0.6) is 0 Å². The lowest BCUT2D eigenvalue weighted by atomic mass is 10.0. The lowest BCUT2D eigenvalue weighted by molar-refractivity contribution is -0.143. The second kappa shape index (κ2) is 5.00. The molecule has 5 nitrogen and oxygen atoms in total. The molecule has 1 aromatic carbocycles. The summed E-state index contributed by atoms with van der Waals surface area (Å²) in [5.74, 6) is -1.12. The van der Waals surface area contributed by atoms with E-state index in [1.807, 2.05) is 18.2 Å². The second-order valence-electron chi connectivity index (χ2n) is 5.10. The number of nitrogens with zero attached hydrogens (tertiary/aromatic N) is 1. The number of fused-ring (bicyclic) bond motifs is 1. The zero-order valence-corrected chi connectivity index (χ0v) is 11.0. The van der Waals surface area contributed by atoms with Gasteiger partial charge in [-0.05, 0) is 31.4 Å². The van der Waals surface area contributed by atoms with E-state index in [9.17, 15) is 14.7 Å². The quantitative estimate of drug-likeness (QED) is 0.880. The van der Waals surface area contributed by atoms with Crippen LogP contribution in [0.1, 0.15) is 29.6 Å². The smallest absolute Gasteiger partial charge is 0.326 e. The predicted octanol–water partition coefficient (Wildman–Crippen LogP) is 2.25. The van der Waals surface area contributed by atoms with Gasteiger partial charge >= 0.3 is 5.97 Å². The van der Waals surface area contributed by atoms with Crippen LogP contribution in [0.15, 0.2) is 30.5 Å². The van der Waals surface area contributed by atoms with Crippen LogP contribution in [0.3, 0.4) is 0 Å². The van der Waals surface area contributed by atoms with Crippen molar-refractivity contribution in [1.29, 1.82) is 0 Å². The van der Waals surface area contributed by atoms with Gasteiger partial charge in [0.25, 0.3) is 5.91 Å². The molecule has 1 aliphatic heterocycles. The maximum atomic E-state index is 12.7. The number of piperidine rings is 1. The summed E-state index contributed by atoms with van der Waals surface area (Å²) >= 11 is 0. The molecular formula is C15H16N2O3. The van der Waals surface area contributed by atoms with E-state index in [1.165, 1.54) is 4.90 Å². The molecule has 0 saturated carbocycles. The van der Waals surface area contributed by atoms with Gasteiger partial charge < -0.3 is 15.0 Å². The number of hydrogen-bond acceptors (Lipinski definition) is 2. The van der Waals surface area contributed by atoms with Crippen molar-refractivity contribution in [2.75, 3.05) is 6.54 Å². The number of H-pyrrole nitrogens is 1. The molecule has 1 aromatic heterocycles. The SMILES string of the molecule is O=C(O)[C@H]1CCCCN1C(=O)c1cccc2cc[nH]c12. The minimum atomic E-state index is -0.920. The maximum absolute atomic E-state index is 12.7. The van der Waals surface area contributed by atoms with E-state index in [0.29, 0.717) is 18.5 Å². The highest BCUT2D eigenvalue weighted by molar-refractivity contribution is 6.06. The van der Waals surface area contributed by atoms with Crippen molar-refractivity contribution in [1.82, 2.24) is 9.88 Å². The fraction of sp³-hybridized carbons (Fsp3) is 0.333. The Kier molecular flexibility index (Phi) is 3.18. The van der Waals surface area contributed by atoms with E-state index in [-0.39, 0.29) is 5.91 Å². The zero-order valence-electron chi connectivity index (χ0n) is 11.0. The molecule has 1 amide bonds. The summed E-state index contributed by atoms with van der Waals surface area (Å²) in [7, 11) is 0. The Hall–Kier alpha value is -2.30. The molecule has 3 rings (SSSR count). The van der Waals surface area contributed by atoms with Crippen LogP contribution in [0, 0.1) is 0 Å². The standard InChI is InChI=1S/C15H16N2O3/c18-14(17-9-2-1-6-12(17)15(19)20)11-5-3-4-10-7-8-16-13(10)11/h3-5,7-8,12,16H,1-2,6,9H2,(H,19,20)/t12-/m1/s1. The molecule has 0 radical (unpaired) electrons. The molecule has 1 saturated heterocycles. The van der Waals surface area contributed by atoms with Gasteiger partial charge in [-0.25, -0.2) is 4.79 Å². The molecule has 5 heteroatoms. The Labute approximate surface area is 116 Å². The lowest BCUT2D eigenvalue weighted by Crippen LogP contribution is -2.48. The van der Waals surface area contributed by atoms with E-state index >= 15 is 0 Å². The molecule has 104 valence electrons. The van der Waals surface area contributed by atoms with Gasteiger partial charge in [-0.15, -0.1) is 0 Å². The summed E-state index contributed by atoms with van der Waals surface area (Å²) in [5, 5.41) is 10.2. The van der Waals surface area contributed by atoms with Crippen molar-refractivity contribution in [3.05, 3.63) is 36.0 Å². The van der Waals surface area contributed by atoms with Crippen LogP contribution in [0.2, 0.25) is 0 Å². The highest BCUT2D eigenvalue weighted by Gasteiger charge is 2.33. The Balaban J connectivity index is 1.98. The molecule has 20 heavy (non-hydrogen) atoms. The number of hydrogen-bond donors (Lipinski definition) is 2. The number of likely N-dealkylation sites (tertiary alicyclic amines) is 1. The number of aromatic nitrogens is 1. The number of amides is 1. The minimum Gasteiger partial charge on any atom is -0.480 e. The normalized spacial score (nSPS) is 19.2. The minimum absolute atomic E-state index is 0.204. The van der Waals surface area contributed by atoms with Crippen LogP contribution in [-0.2, 0) is 4.79 Å². The van der Waals surface area contributed by atoms with E-state index in [2.05, 4.69) is 4.98 Å². The molecular weight excluding hydrogens is 256 g/mol. The van der Waals surface area contributed by atoms with Gasteiger partial charge in [0, 0.05) is 18.1 Å². The molecule has 1 aliphatic rings. The Morgan fingerprint density at radius 2 is 2.10 bits per heavy atom. The first kappa shape index (κ1) is 12.7. The summed E-state index contributed by atoms with van der Waals surface area (Å²) in [6.45, 7) is 0.507. The molecule has 2 N–H and O–H groups in total. The van der Waals surface area contributed by atoms with Crippen LogP contribution in [0.25, 0.3) is 10.9 Å². The Bertz CT molecular complexity index is 662. The number of para-hydroxylation sites is 1. The summed E-state index contributed by atoms with van der Waals surface area (Å²) in [6, 6.07) is 6.68. The number of carbonyl (C=O) groups excluding carboxylic acids is 1. The van der Waals surface area contributed by atoms with Crippen LogP contribution in [-0.4, -0.2) is 39.5 Å². The van der Waals surface area contributed by atoms with Crippen molar-refractivity contribution >= 4 is 22.8 Å². The van der Waals surface area contributed by atoms with Crippen LogP contribution < -0.4 is 0 Å². The van der Waals surface area contributed by atoms with Gasteiger partial charge in [-0.1, -0.05) is 12.1 Å². The zero-order chi connectivity index (χ0) is 14.1. The van der Waals surface area contributed by atoms with Crippen molar-refractivity contribution in [2.45, 2.75) is 25.3 Å². The average molecular weight is 272 g/mol. The molecule has 1 atom stereocenters. The number of carboxylic acids is 1. The molecule has 2 aromatic rings. The Morgan fingerprint density at radius 3 is 2.90 bits per heavy atom. The van der Waals surface area contributed by atoms with E-state index in [1.54, 1.807) is 12.3 Å². The Morgan fingerprint density at radius 1 is 1.25 bits per heavy atom. The highest BCUT2D eigenvalue weighted by atomic mass is 16.4. The molecule has 0 unspecified atom stereocenters. The third-order valence-corrected chi connectivity index (χ3v) is 3.87. The second-order valence-corrected chi connectivity index (χ2v) is 5.10. The summed E-state index contributed by atoms with van der Waals surface area (Å²) in [6.07, 6.45) is 4.03. The topological polar surface area (TPSA) is 73.4 Å². The largest absolute Gasteiger partial charge is 0.480 e. The molecule has 0 aliphatic carbocycles. The van der Waals surface area contributed by atoms with Crippen molar-refractivity contribution in [3.8, 4) is 0 Å². The summed E-state index contributed by atoms with van der Waals surface area (Å²) < 4.78 is 0. The van der Waals surface area contributed by atoms with Crippen LogP contribution >= 0.6 is 0 Å². The van der Waals surface area contributed by atoms with Crippen LogP contribution in [0.4, 0.5) is 0 Å². The monoisotopic (exact) mass is 272 g/mol. The number of aliphatic carboxylic acids is 1. The number of rotatable bonds is 2. The van der Waals surface area contributed by atoms with Gasteiger partial charge in [0.1, 0.15) is 6.04 Å². The first-order valence-corrected chi connectivity index (χ1v) is 6.78. The predicted molar refractivity (Wildman–Crippen MR) is 74.6 cm³/mol. The average Bonchev–Trinajstić information content (AvgIpc) is 2.94. The lowest BCUT2D eigenvalue weighted by Gasteiger charge is -2.33. The van der Waals surface area contributed by atoms with E-state index in [0.717, 1.165) is 23.7 Å². The molecule has 0 spiro atoms. The molecule has 2 heterocycles. The first-order valence-electron chi connectivity index (χ1n) is 6.78. The third-order valence-electron chi connectivity index (χ3n) is 3.87. The highest BCUT2D eigenvalue weighted by Crippen LogP contribution is 2.23.